The number of hydrogen-bond acceptors (Lipinski definition) is 8. The molecule has 5 atom stereocenters. The molecule has 5 saturated heterocycles. The molecule has 0 aromatic heterocycles. The average Bonchev–Trinajstić information content (AvgIpc) is 2.81. The van der Waals surface area contributed by atoms with Crippen LogP contribution < -0.4 is 5.32 Å². The lowest BCUT2D eigenvalue weighted by Crippen LogP contribution is -2.80. The molecule has 26 heavy (non-hydrogen) atoms. The Morgan fingerprint density at radius 1 is 1.31 bits per heavy atom. The number of nitrogens with one attached hydrogen (secondary N) is 1. The fourth-order valence-electron chi connectivity index (χ4n) is 4.26. The van der Waals surface area contributed by atoms with Crippen molar-refractivity contribution in [3.63, 3.8) is 0 Å². The lowest BCUT2D eigenvalue weighted by atomic mass is 9.84. The molecule has 0 aromatic rings. The van der Waals surface area contributed by atoms with Gasteiger partial charge in [0, 0.05) is 26.9 Å². The van der Waals surface area contributed by atoms with Gasteiger partial charge in [0.2, 0.25) is 5.72 Å². The molecule has 10 heteroatoms. The van der Waals surface area contributed by atoms with Crippen LogP contribution in [0, 0.1) is 5.89 Å². The van der Waals surface area contributed by atoms with Crippen LogP contribution in [0.25, 0.3) is 0 Å². The molecule has 0 unspecified atom stereocenters. The van der Waals surface area contributed by atoms with Crippen molar-refractivity contribution < 1.29 is 35.8 Å². The minimum atomic E-state index is -2.49. The highest BCUT2D eigenvalue weighted by Gasteiger charge is 2.73. The van der Waals surface area contributed by atoms with Crippen molar-refractivity contribution in [2.24, 2.45) is 5.89 Å². The third-order valence-corrected chi connectivity index (χ3v) is 5.77. The van der Waals surface area contributed by atoms with Gasteiger partial charge in [0.25, 0.3) is 17.5 Å². The Kier molecular flexibility index (Phi) is 3.79. The molecule has 5 heterocycles. The zero-order valence-electron chi connectivity index (χ0n) is 15.6. The van der Waals surface area contributed by atoms with Gasteiger partial charge in [0.1, 0.15) is 11.7 Å². The van der Waals surface area contributed by atoms with E-state index < -0.39 is 47.4 Å². The van der Waals surface area contributed by atoms with Crippen LogP contribution in [0.15, 0.2) is 0 Å². The van der Waals surface area contributed by atoms with Gasteiger partial charge in [-0.1, -0.05) is 0 Å². The Morgan fingerprint density at radius 3 is 2.69 bits per heavy atom. The van der Waals surface area contributed by atoms with Crippen LogP contribution in [0.3, 0.4) is 0 Å². The Labute approximate surface area is 152 Å². The maximum atomic E-state index is 13.2. The van der Waals surface area contributed by atoms with Crippen LogP contribution in [0.2, 0.25) is 0 Å². The first-order chi connectivity index (χ1) is 12.6. The highest BCUT2D eigenvalue weighted by atomic mass is 16.6. The molecule has 2 bridgehead atoms. The third-order valence-electron chi connectivity index (χ3n) is 5.77. The molecule has 1 spiro atoms. The van der Waals surface area contributed by atoms with Crippen LogP contribution in [-0.4, -0.2) is 106 Å². The van der Waals surface area contributed by atoms with Crippen molar-refractivity contribution in [1.82, 2.24) is 15.1 Å². The smallest absolute Gasteiger partial charge is 0.279 e. The number of morpholine rings is 1. The van der Waals surface area contributed by atoms with Gasteiger partial charge in [-0.2, -0.15) is 0 Å². The molecule has 10 nitrogen and oxygen atoms in total. The number of rotatable bonds is 2. The van der Waals surface area contributed by atoms with E-state index in [-0.39, 0.29) is 19.6 Å². The molecule has 146 valence electrons. The van der Waals surface area contributed by atoms with Crippen LogP contribution in [0.4, 0.5) is 0 Å². The van der Waals surface area contributed by atoms with E-state index in [1.54, 1.807) is 0 Å². The van der Waals surface area contributed by atoms with Gasteiger partial charge in [-0.15, -0.1) is 0 Å². The number of aliphatic hydroxyl groups excluding tert-OH is 1. The van der Waals surface area contributed by atoms with Gasteiger partial charge in [0.15, 0.2) is 0 Å². The summed E-state index contributed by atoms with van der Waals surface area (Å²) < 4.78 is 19.8. The molecule has 5 fully saturated rings. The Morgan fingerprint density at radius 2 is 2.00 bits per heavy atom. The van der Waals surface area contributed by atoms with E-state index in [0.717, 1.165) is 4.90 Å². The van der Waals surface area contributed by atoms with Crippen LogP contribution in [0.5, 0.6) is 0 Å². The van der Waals surface area contributed by atoms with Crippen molar-refractivity contribution >= 4 is 11.8 Å². The first kappa shape index (κ1) is 16.8. The first-order valence-corrected chi connectivity index (χ1v) is 8.78. The fourth-order valence-corrected chi connectivity index (χ4v) is 4.26. The summed E-state index contributed by atoms with van der Waals surface area (Å²) in [5.41, 5.74) is -6.39. The van der Waals surface area contributed by atoms with Crippen molar-refractivity contribution in [2.45, 2.75) is 36.5 Å². The maximum absolute atomic E-state index is 13.2. The number of amides is 2. The summed E-state index contributed by atoms with van der Waals surface area (Å²) >= 11 is 0. The highest BCUT2D eigenvalue weighted by Crippen LogP contribution is 2.44. The van der Waals surface area contributed by atoms with E-state index in [9.17, 15) is 24.9 Å². The molecule has 0 aromatic carbocycles. The van der Waals surface area contributed by atoms with Gasteiger partial charge < -0.3 is 30.1 Å². The lowest BCUT2D eigenvalue weighted by molar-refractivity contribution is -0.245. The fraction of sp³-hybridized carbons (Fsp3) is 0.875. The second-order valence-corrected chi connectivity index (χ2v) is 7.60. The highest BCUT2D eigenvalue weighted by molar-refractivity contribution is 6.02. The summed E-state index contributed by atoms with van der Waals surface area (Å²) in [6.07, 6.45) is -1.73. The summed E-state index contributed by atoms with van der Waals surface area (Å²) in [6.45, 7) is 2.84. The standard InChI is InChI=1S/C16H25N3O7/c1-14(23)9-19-13(22)15(24)10(8-18-3-6-25-7-4-18)2-5-26-16(19,11(14)20)12(21)17-15/h10-11,20,23-24H,2-9H2,1H3,(H,17,21)/t10-,11+,14+,15-,16+/m1/s1/i10D. The molecule has 0 saturated carbocycles. The number of fused-ring (bicyclic) bond motifs is 4. The van der Waals surface area contributed by atoms with Gasteiger partial charge in [-0.3, -0.25) is 19.4 Å². The molecule has 0 aliphatic carbocycles. The number of piperazine rings is 1. The van der Waals surface area contributed by atoms with Crippen molar-refractivity contribution in [1.29, 1.82) is 0 Å². The minimum Gasteiger partial charge on any atom is -0.385 e. The molecule has 2 amide bonds. The second-order valence-electron chi connectivity index (χ2n) is 7.60. The van der Waals surface area contributed by atoms with E-state index in [2.05, 4.69) is 5.32 Å². The number of aliphatic hydroxyl groups is 3. The summed E-state index contributed by atoms with van der Waals surface area (Å²) in [5.74, 6) is -3.67. The second kappa shape index (κ2) is 5.85. The quantitative estimate of drug-likeness (QED) is 0.399. The SMILES string of the molecule is [2H][C@]1(CN2CCOCC2)CCO[C@@]23C(=O)N[C@]1(O)C(=O)N2C[C@](C)(O)[C@@H]3O. The summed E-state index contributed by atoms with van der Waals surface area (Å²) in [5, 5.41) is 34.4. The number of hydrogen-bond donors (Lipinski definition) is 4. The zero-order chi connectivity index (χ0) is 19.7. The minimum absolute atomic E-state index is 0.0298. The normalized spacial score (nSPS) is 50.1. The number of carbonyl (C=O) groups is 2. The molecule has 5 aliphatic rings. The number of carbonyl (C=O) groups excluding carboxylic acids is 2. The van der Waals surface area contributed by atoms with Crippen LogP contribution >= 0.6 is 0 Å². The maximum Gasteiger partial charge on any atom is 0.279 e. The zero-order valence-corrected chi connectivity index (χ0v) is 14.6. The summed E-state index contributed by atoms with van der Waals surface area (Å²) in [6, 6.07) is 0. The predicted octanol–water partition coefficient (Wildman–Crippen LogP) is -3.18. The summed E-state index contributed by atoms with van der Waals surface area (Å²) in [7, 11) is 0. The van der Waals surface area contributed by atoms with Gasteiger partial charge in [-0.05, 0) is 13.3 Å². The Bertz CT molecular complexity index is 672. The van der Waals surface area contributed by atoms with E-state index in [1.807, 2.05) is 4.90 Å². The molecule has 5 aliphatic heterocycles. The van der Waals surface area contributed by atoms with Crippen molar-refractivity contribution in [3.05, 3.63) is 0 Å². The molecule has 4 N–H and O–H groups in total. The van der Waals surface area contributed by atoms with E-state index in [1.165, 1.54) is 6.92 Å². The van der Waals surface area contributed by atoms with Gasteiger partial charge in [0.05, 0.1) is 26.4 Å². The van der Waals surface area contributed by atoms with Crippen LogP contribution in [0.1, 0.15) is 14.7 Å². The number of nitrogens with zero attached hydrogens (tertiary/aromatic N) is 2. The molecule has 5 rings (SSSR count). The van der Waals surface area contributed by atoms with Crippen molar-refractivity contribution in [3.8, 4) is 0 Å². The molecular formula is C16H25N3O7. The lowest BCUT2D eigenvalue weighted by Gasteiger charge is -2.52. The van der Waals surface area contributed by atoms with E-state index in [0.29, 0.717) is 26.3 Å². The van der Waals surface area contributed by atoms with E-state index >= 15 is 0 Å². The first-order valence-electron chi connectivity index (χ1n) is 9.28. The third kappa shape index (κ3) is 2.33. The van der Waals surface area contributed by atoms with Gasteiger partial charge in [-0.25, -0.2) is 0 Å². The Hall–Kier alpha value is -1.30. The predicted molar refractivity (Wildman–Crippen MR) is 85.5 cm³/mol. The van der Waals surface area contributed by atoms with Crippen molar-refractivity contribution in [2.75, 3.05) is 46.0 Å². The average molecular weight is 372 g/mol. The monoisotopic (exact) mass is 372 g/mol. The van der Waals surface area contributed by atoms with Crippen LogP contribution in [-0.2, 0) is 19.1 Å². The number of ether oxygens (including phenoxy) is 2. The Balaban J connectivity index is 1.73. The largest absolute Gasteiger partial charge is 0.385 e. The summed E-state index contributed by atoms with van der Waals surface area (Å²) in [4.78, 5) is 28.8. The van der Waals surface area contributed by atoms with E-state index in [4.69, 9.17) is 10.8 Å². The molecular weight excluding hydrogens is 346 g/mol. The topological polar surface area (TPSA) is 132 Å². The van der Waals surface area contributed by atoms with Gasteiger partial charge >= 0.3 is 0 Å². The molecule has 0 radical (unpaired) electrons.